The number of aromatic nitrogens is 1. The summed E-state index contributed by atoms with van der Waals surface area (Å²) < 4.78 is 27.1. The number of hydrogen-bond donors (Lipinski definition) is 1. The van der Waals surface area contributed by atoms with Crippen molar-refractivity contribution in [2.24, 2.45) is 0 Å². The van der Waals surface area contributed by atoms with Crippen LogP contribution in [0.4, 0.5) is 17.2 Å². The van der Waals surface area contributed by atoms with Gasteiger partial charge in [-0.15, -0.1) is 0 Å². The van der Waals surface area contributed by atoms with Crippen LogP contribution in [0.1, 0.15) is 28.8 Å². The van der Waals surface area contributed by atoms with Crippen molar-refractivity contribution >= 4 is 43.9 Å². The number of piperazine rings is 1. The summed E-state index contributed by atoms with van der Waals surface area (Å²) in [4.78, 5) is 23.1. The van der Waals surface area contributed by atoms with E-state index in [4.69, 9.17) is 4.98 Å². The van der Waals surface area contributed by atoms with Gasteiger partial charge in [0.1, 0.15) is 11.6 Å². The monoisotopic (exact) mass is 569 g/mol. The van der Waals surface area contributed by atoms with Crippen molar-refractivity contribution in [2.45, 2.75) is 32.4 Å². The largest absolute Gasteiger partial charge is 0.366 e. The number of nitriles is 2. The Morgan fingerprint density at radius 1 is 1.17 bits per heavy atom. The number of hydrogen-bond acceptors (Lipinski definition) is 8. The average Bonchev–Trinajstić information content (AvgIpc) is 2.95. The summed E-state index contributed by atoms with van der Waals surface area (Å²) in [5.74, 6) is -0.260. The molecular formula is C30H31N7O3S. The molecule has 3 aromatic rings. The predicted molar refractivity (Wildman–Crippen MR) is 159 cm³/mol. The Morgan fingerprint density at radius 2 is 1.93 bits per heavy atom. The SMILES string of the molecule is C=CC(=O)N1CCN(c2c(C#N)c(NS(C)(=O)=O)nc3c2CCN(c2cccc4cccc(C)c24)C3)CC1CC#N. The van der Waals surface area contributed by atoms with Crippen LogP contribution >= 0.6 is 0 Å². The van der Waals surface area contributed by atoms with Crippen LogP contribution < -0.4 is 14.5 Å². The van der Waals surface area contributed by atoms with E-state index in [0.717, 1.165) is 33.8 Å². The van der Waals surface area contributed by atoms with E-state index in [0.29, 0.717) is 50.5 Å². The molecule has 2 aliphatic heterocycles. The lowest BCUT2D eigenvalue weighted by Crippen LogP contribution is -2.55. The molecule has 0 aliphatic carbocycles. The first kappa shape index (κ1) is 27.9. The van der Waals surface area contributed by atoms with E-state index < -0.39 is 16.1 Å². The summed E-state index contributed by atoms with van der Waals surface area (Å²) in [6.07, 6.45) is 2.98. The minimum absolute atomic E-state index is 0.0128. The third kappa shape index (κ3) is 5.41. The second-order valence-electron chi connectivity index (χ2n) is 10.4. The van der Waals surface area contributed by atoms with Crippen molar-refractivity contribution in [3.8, 4) is 12.1 Å². The number of rotatable bonds is 6. The number of pyridine rings is 1. The van der Waals surface area contributed by atoms with E-state index >= 15 is 0 Å². The van der Waals surface area contributed by atoms with Crippen molar-refractivity contribution in [1.29, 1.82) is 10.5 Å². The Balaban J connectivity index is 1.61. The van der Waals surface area contributed by atoms with Gasteiger partial charge in [-0.1, -0.05) is 36.9 Å². The van der Waals surface area contributed by atoms with E-state index in [-0.39, 0.29) is 23.7 Å². The van der Waals surface area contributed by atoms with Crippen molar-refractivity contribution in [2.75, 3.05) is 47.0 Å². The Hall–Kier alpha value is -4.61. The first-order chi connectivity index (χ1) is 19.6. The van der Waals surface area contributed by atoms with Crippen LogP contribution in [-0.4, -0.2) is 62.7 Å². The Kier molecular flexibility index (Phi) is 7.57. The molecule has 0 spiro atoms. The number of carbonyl (C=O) groups excluding carboxylic acids is 1. The lowest BCUT2D eigenvalue weighted by molar-refractivity contribution is -0.128. The average molecular weight is 570 g/mol. The van der Waals surface area contributed by atoms with Gasteiger partial charge in [-0.2, -0.15) is 10.5 Å². The van der Waals surface area contributed by atoms with Gasteiger partial charge in [-0.3, -0.25) is 9.52 Å². The summed E-state index contributed by atoms with van der Waals surface area (Å²) in [5.41, 5.74) is 4.56. The molecule has 1 fully saturated rings. The lowest BCUT2D eigenvalue weighted by atomic mass is 9.95. The van der Waals surface area contributed by atoms with Gasteiger partial charge < -0.3 is 14.7 Å². The van der Waals surface area contributed by atoms with Gasteiger partial charge in [0.05, 0.1) is 42.7 Å². The summed E-state index contributed by atoms with van der Waals surface area (Å²) in [7, 11) is -3.73. The van der Waals surface area contributed by atoms with Gasteiger partial charge in [0.2, 0.25) is 15.9 Å². The van der Waals surface area contributed by atoms with Crippen LogP contribution in [-0.2, 0) is 27.8 Å². The fraction of sp³-hybridized carbons (Fsp3) is 0.333. The smallest absolute Gasteiger partial charge is 0.246 e. The molecule has 2 aliphatic rings. The number of benzene rings is 2. The molecule has 2 aromatic carbocycles. The molecule has 10 nitrogen and oxygen atoms in total. The number of nitrogens with one attached hydrogen (secondary N) is 1. The minimum atomic E-state index is -3.73. The highest BCUT2D eigenvalue weighted by atomic mass is 32.2. The van der Waals surface area contributed by atoms with Crippen LogP contribution in [0.2, 0.25) is 0 Å². The topological polar surface area (TPSA) is 133 Å². The van der Waals surface area contributed by atoms with Gasteiger partial charge >= 0.3 is 0 Å². The molecule has 1 N–H and O–H groups in total. The molecule has 1 atom stereocenters. The van der Waals surface area contributed by atoms with Crippen LogP contribution in [0, 0.1) is 29.6 Å². The molecule has 0 radical (unpaired) electrons. The number of nitrogens with zero attached hydrogens (tertiary/aromatic N) is 6. The van der Waals surface area contributed by atoms with Crippen molar-refractivity contribution < 1.29 is 13.2 Å². The van der Waals surface area contributed by atoms with Gasteiger partial charge in [0.15, 0.2) is 5.82 Å². The fourth-order valence-electron chi connectivity index (χ4n) is 5.98. The summed E-state index contributed by atoms with van der Waals surface area (Å²) in [5, 5.41) is 22.0. The fourth-order valence-corrected chi connectivity index (χ4v) is 6.48. The predicted octanol–water partition coefficient (Wildman–Crippen LogP) is 3.47. The summed E-state index contributed by atoms with van der Waals surface area (Å²) in [6, 6.07) is 16.4. The maximum Gasteiger partial charge on any atom is 0.246 e. The van der Waals surface area contributed by atoms with Crippen molar-refractivity contribution in [3.63, 3.8) is 0 Å². The number of fused-ring (bicyclic) bond motifs is 2. The highest BCUT2D eigenvalue weighted by Crippen LogP contribution is 2.39. The number of aryl methyl sites for hydroxylation is 1. The van der Waals surface area contributed by atoms with Crippen LogP contribution in [0.3, 0.4) is 0 Å². The molecule has 1 aromatic heterocycles. The highest BCUT2D eigenvalue weighted by molar-refractivity contribution is 7.92. The van der Waals surface area contributed by atoms with Gasteiger partial charge in [0, 0.05) is 42.8 Å². The third-order valence-electron chi connectivity index (χ3n) is 7.74. The second kappa shape index (κ2) is 11.1. The minimum Gasteiger partial charge on any atom is -0.366 e. The van der Waals surface area contributed by atoms with E-state index in [9.17, 15) is 23.7 Å². The molecule has 0 saturated carbocycles. The molecule has 1 unspecified atom stereocenters. The molecule has 41 heavy (non-hydrogen) atoms. The van der Waals surface area contributed by atoms with Crippen LogP contribution in [0.25, 0.3) is 10.8 Å². The number of sulfonamides is 1. The van der Waals surface area contributed by atoms with Gasteiger partial charge in [0.25, 0.3) is 0 Å². The zero-order valence-electron chi connectivity index (χ0n) is 23.1. The number of carbonyl (C=O) groups is 1. The lowest BCUT2D eigenvalue weighted by Gasteiger charge is -2.43. The molecular weight excluding hydrogens is 538 g/mol. The number of anilines is 3. The van der Waals surface area contributed by atoms with Gasteiger partial charge in [-0.05, 0) is 36.4 Å². The molecule has 1 saturated heterocycles. The second-order valence-corrected chi connectivity index (χ2v) is 12.2. The molecule has 210 valence electrons. The van der Waals surface area contributed by atoms with Gasteiger partial charge in [-0.25, -0.2) is 13.4 Å². The zero-order valence-corrected chi connectivity index (χ0v) is 23.9. The Bertz CT molecular complexity index is 1730. The zero-order chi connectivity index (χ0) is 29.3. The number of amides is 1. The maximum atomic E-state index is 12.5. The first-order valence-corrected chi connectivity index (χ1v) is 15.3. The molecule has 0 bridgehead atoms. The summed E-state index contributed by atoms with van der Waals surface area (Å²) in [6.45, 7) is 7.85. The third-order valence-corrected chi connectivity index (χ3v) is 8.30. The Morgan fingerprint density at radius 3 is 2.61 bits per heavy atom. The van der Waals surface area contributed by atoms with Crippen LogP contribution in [0.15, 0.2) is 49.1 Å². The first-order valence-electron chi connectivity index (χ1n) is 13.4. The molecule has 3 heterocycles. The van der Waals surface area contributed by atoms with E-state index in [2.05, 4.69) is 59.5 Å². The van der Waals surface area contributed by atoms with E-state index in [1.807, 2.05) is 17.0 Å². The van der Waals surface area contributed by atoms with E-state index in [1.165, 1.54) is 6.08 Å². The van der Waals surface area contributed by atoms with Crippen LogP contribution in [0.5, 0.6) is 0 Å². The van der Waals surface area contributed by atoms with Crippen molar-refractivity contribution in [3.05, 3.63) is 71.4 Å². The molecule has 11 heteroatoms. The highest BCUT2D eigenvalue weighted by Gasteiger charge is 2.35. The maximum absolute atomic E-state index is 12.5. The van der Waals surface area contributed by atoms with Crippen molar-refractivity contribution in [1.82, 2.24) is 9.88 Å². The quantitative estimate of drug-likeness (QED) is 0.446. The Labute approximate surface area is 240 Å². The summed E-state index contributed by atoms with van der Waals surface area (Å²) >= 11 is 0. The van der Waals surface area contributed by atoms with E-state index in [1.54, 1.807) is 4.90 Å². The normalized spacial score (nSPS) is 17.0. The standard InChI is InChI=1S/C30H31N7O3S/c1-4-27(38)37-16-15-36(18-22(37)11-13-31)29-23-12-14-35(26-10-6-9-21-8-5-7-20(2)28(21)26)19-25(23)33-30(24(29)17-32)34-41(3,39)40/h4-10,22H,1,11-12,14-16,18-19H2,2-3H3,(H,33,34). The molecule has 5 rings (SSSR count). The molecule has 1 amide bonds.